The Morgan fingerprint density at radius 2 is 1.52 bits per heavy atom. The second kappa shape index (κ2) is 4.99. The van der Waals surface area contributed by atoms with Gasteiger partial charge in [0.2, 0.25) is 5.91 Å². The van der Waals surface area contributed by atoms with E-state index in [9.17, 15) is 14.7 Å². The zero-order valence-corrected chi connectivity index (χ0v) is 12.5. The highest BCUT2D eigenvalue weighted by atomic mass is 16.4. The van der Waals surface area contributed by atoms with E-state index in [1.807, 2.05) is 0 Å². The lowest BCUT2D eigenvalue weighted by atomic mass is 9.51. The van der Waals surface area contributed by atoms with E-state index in [1.165, 1.54) is 32.1 Å². The molecule has 0 heterocycles. The van der Waals surface area contributed by atoms with Crippen molar-refractivity contribution in [2.75, 3.05) is 0 Å². The SMILES string of the molecule is O=C(N[C@H]1CCC[C@H]1C(=O)O)C1C2CC3CC(C2)CC1C3. The monoisotopic (exact) mass is 291 g/mol. The maximum atomic E-state index is 12.8. The Hall–Kier alpha value is -1.06. The lowest BCUT2D eigenvalue weighted by Gasteiger charge is -2.53. The first-order chi connectivity index (χ1) is 10.1. The van der Waals surface area contributed by atoms with Crippen LogP contribution < -0.4 is 5.32 Å². The van der Waals surface area contributed by atoms with Crippen molar-refractivity contribution in [3.05, 3.63) is 0 Å². The fourth-order valence-electron chi connectivity index (χ4n) is 6.06. The number of amides is 1. The smallest absolute Gasteiger partial charge is 0.308 e. The van der Waals surface area contributed by atoms with Crippen LogP contribution in [0.15, 0.2) is 0 Å². The standard InChI is InChI=1S/C17H25NO3/c19-16(18-14-3-1-2-13(14)17(20)21)15-11-5-9-4-10(7-11)8-12(15)6-9/h9-15H,1-8H2,(H,18,19)(H,20,21)/t9?,10?,11?,12?,13-,14+,15?/m1/s1. The first kappa shape index (κ1) is 13.6. The summed E-state index contributed by atoms with van der Waals surface area (Å²) < 4.78 is 0. The van der Waals surface area contributed by atoms with Crippen molar-refractivity contribution in [2.45, 2.75) is 57.4 Å². The number of carbonyl (C=O) groups is 2. The molecule has 2 N–H and O–H groups in total. The van der Waals surface area contributed by atoms with E-state index in [-0.39, 0.29) is 23.8 Å². The lowest BCUT2D eigenvalue weighted by Crippen LogP contribution is -2.53. The van der Waals surface area contributed by atoms with Gasteiger partial charge in [-0.15, -0.1) is 0 Å². The van der Waals surface area contributed by atoms with Gasteiger partial charge in [-0.25, -0.2) is 0 Å². The van der Waals surface area contributed by atoms with Crippen molar-refractivity contribution >= 4 is 11.9 Å². The first-order valence-electron chi connectivity index (χ1n) is 8.65. The molecule has 0 aromatic carbocycles. The van der Waals surface area contributed by atoms with E-state index in [2.05, 4.69) is 5.32 Å². The number of hydrogen-bond acceptors (Lipinski definition) is 2. The average molecular weight is 291 g/mol. The van der Waals surface area contributed by atoms with E-state index in [0.29, 0.717) is 18.3 Å². The van der Waals surface area contributed by atoms with Crippen LogP contribution in [0, 0.1) is 35.5 Å². The molecule has 4 bridgehead atoms. The Morgan fingerprint density at radius 3 is 2.10 bits per heavy atom. The van der Waals surface area contributed by atoms with E-state index in [4.69, 9.17) is 0 Å². The Bertz CT molecular complexity index is 433. The second-order valence-corrected chi connectivity index (χ2v) is 7.95. The summed E-state index contributed by atoms with van der Waals surface area (Å²) in [4.78, 5) is 24.0. The van der Waals surface area contributed by atoms with Gasteiger partial charge in [0.1, 0.15) is 0 Å². The van der Waals surface area contributed by atoms with Gasteiger partial charge in [-0.3, -0.25) is 9.59 Å². The normalized spacial score (nSPS) is 47.5. The summed E-state index contributed by atoms with van der Waals surface area (Å²) in [5.74, 6) is 2.12. The summed E-state index contributed by atoms with van der Waals surface area (Å²) in [6, 6.07) is -0.132. The van der Waals surface area contributed by atoms with Crippen LogP contribution in [0.5, 0.6) is 0 Å². The minimum atomic E-state index is -0.747. The van der Waals surface area contributed by atoms with Crippen LogP contribution in [0.1, 0.15) is 51.4 Å². The largest absolute Gasteiger partial charge is 0.481 e. The molecular formula is C17H25NO3. The number of carbonyl (C=O) groups excluding carboxylic acids is 1. The molecule has 0 unspecified atom stereocenters. The third kappa shape index (κ3) is 2.27. The fraction of sp³-hybridized carbons (Fsp3) is 0.882. The van der Waals surface area contributed by atoms with Gasteiger partial charge in [0.25, 0.3) is 0 Å². The molecule has 5 fully saturated rings. The molecule has 0 saturated heterocycles. The highest BCUT2D eigenvalue weighted by Crippen LogP contribution is 2.56. The number of aliphatic carboxylic acids is 1. The van der Waals surface area contributed by atoms with Crippen LogP contribution in [-0.2, 0) is 9.59 Å². The molecule has 0 aromatic rings. The maximum Gasteiger partial charge on any atom is 0.308 e. The number of carboxylic acids is 1. The summed E-state index contributed by atoms with van der Waals surface area (Å²) in [7, 11) is 0. The van der Waals surface area contributed by atoms with Crippen molar-refractivity contribution < 1.29 is 14.7 Å². The molecule has 4 heteroatoms. The maximum absolute atomic E-state index is 12.8. The number of hydrogen-bond donors (Lipinski definition) is 2. The molecule has 4 nitrogen and oxygen atoms in total. The zero-order valence-electron chi connectivity index (χ0n) is 12.5. The van der Waals surface area contributed by atoms with E-state index in [1.54, 1.807) is 0 Å². The van der Waals surface area contributed by atoms with Gasteiger partial charge in [0.15, 0.2) is 0 Å². The van der Waals surface area contributed by atoms with Crippen molar-refractivity contribution in [1.82, 2.24) is 5.32 Å². The van der Waals surface area contributed by atoms with E-state index in [0.717, 1.165) is 24.7 Å². The Labute approximate surface area is 125 Å². The van der Waals surface area contributed by atoms with Gasteiger partial charge in [-0.1, -0.05) is 6.42 Å². The summed E-state index contributed by atoms with van der Waals surface area (Å²) in [6.45, 7) is 0. The molecule has 5 saturated carbocycles. The Kier molecular flexibility index (Phi) is 3.23. The summed E-state index contributed by atoms with van der Waals surface area (Å²) in [5.41, 5.74) is 0. The molecule has 5 aliphatic rings. The van der Waals surface area contributed by atoms with Crippen molar-refractivity contribution in [2.24, 2.45) is 35.5 Å². The number of rotatable bonds is 3. The predicted octanol–water partition coefficient (Wildman–Crippen LogP) is 2.43. The molecule has 0 spiro atoms. The van der Waals surface area contributed by atoms with Gasteiger partial charge < -0.3 is 10.4 Å². The third-order valence-electron chi connectivity index (χ3n) is 6.69. The van der Waals surface area contributed by atoms with Crippen LogP contribution in [0.2, 0.25) is 0 Å². The summed E-state index contributed by atoms with van der Waals surface area (Å²) >= 11 is 0. The van der Waals surface area contributed by atoms with Gasteiger partial charge >= 0.3 is 5.97 Å². The van der Waals surface area contributed by atoms with Crippen molar-refractivity contribution in [3.8, 4) is 0 Å². The average Bonchev–Trinajstić information content (AvgIpc) is 2.85. The van der Waals surface area contributed by atoms with Crippen LogP contribution in [0.4, 0.5) is 0 Å². The molecule has 116 valence electrons. The van der Waals surface area contributed by atoms with E-state index < -0.39 is 5.97 Å². The van der Waals surface area contributed by atoms with E-state index >= 15 is 0 Å². The molecule has 0 radical (unpaired) electrons. The molecule has 2 atom stereocenters. The molecule has 21 heavy (non-hydrogen) atoms. The highest BCUT2D eigenvalue weighted by Gasteiger charge is 2.51. The zero-order chi connectivity index (χ0) is 14.6. The molecule has 5 rings (SSSR count). The van der Waals surface area contributed by atoms with Crippen LogP contribution in [0.25, 0.3) is 0 Å². The molecule has 0 aliphatic heterocycles. The predicted molar refractivity (Wildman–Crippen MR) is 77.4 cm³/mol. The second-order valence-electron chi connectivity index (χ2n) is 7.95. The van der Waals surface area contributed by atoms with Crippen LogP contribution in [-0.4, -0.2) is 23.0 Å². The fourth-order valence-corrected chi connectivity index (χ4v) is 6.06. The Balaban J connectivity index is 1.44. The van der Waals surface area contributed by atoms with Crippen molar-refractivity contribution in [1.29, 1.82) is 0 Å². The van der Waals surface area contributed by atoms with Crippen LogP contribution >= 0.6 is 0 Å². The van der Waals surface area contributed by atoms with Crippen molar-refractivity contribution in [3.63, 3.8) is 0 Å². The van der Waals surface area contributed by atoms with Gasteiger partial charge in [-0.2, -0.15) is 0 Å². The molecule has 5 aliphatic carbocycles. The quantitative estimate of drug-likeness (QED) is 0.839. The summed E-state index contributed by atoms with van der Waals surface area (Å²) in [6.07, 6.45) is 8.79. The summed E-state index contributed by atoms with van der Waals surface area (Å²) in [5, 5.41) is 12.4. The third-order valence-corrected chi connectivity index (χ3v) is 6.69. The minimum absolute atomic E-state index is 0.132. The van der Waals surface area contributed by atoms with Gasteiger partial charge in [0, 0.05) is 12.0 Å². The minimum Gasteiger partial charge on any atom is -0.481 e. The number of nitrogens with one attached hydrogen (secondary N) is 1. The molecule has 1 amide bonds. The van der Waals surface area contributed by atoms with Crippen LogP contribution in [0.3, 0.4) is 0 Å². The Morgan fingerprint density at radius 1 is 0.905 bits per heavy atom. The first-order valence-corrected chi connectivity index (χ1v) is 8.65. The molecule has 0 aromatic heterocycles. The highest BCUT2D eigenvalue weighted by molar-refractivity contribution is 5.81. The molecular weight excluding hydrogens is 266 g/mol. The van der Waals surface area contributed by atoms with Gasteiger partial charge in [0.05, 0.1) is 5.92 Å². The topological polar surface area (TPSA) is 66.4 Å². The van der Waals surface area contributed by atoms with Gasteiger partial charge in [-0.05, 0) is 68.6 Å². The lowest BCUT2D eigenvalue weighted by molar-refractivity contribution is -0.143. The number of carboxylic acid groups (broad SMARTS) is 1.